The summed E-state index contributed by atoms with van der Waals surface area (Å²) in [4.78, 5) is 10.1. The third kappa shape index (κ3) is 5.17. The van der Waals surface area contributed by atoms with Crippen molar-refractivity contribution in [3.63, 3.8) is 0 Å². The highest BCUT2D eigenvalue weighted by Crippen LogP contribution is 2.11. The summed E-state index contributed by atoms with van der Waals surface area (Å²) >= 11 is 0. The molecule has 1 unspecified atom stereocenters. The minimum Gasteiger partial charge on any atom is -0.376 e. The van der Waals surface area contributed by atoms with E-state index in [2.05, 4.69) is 23.7 Å². The van der Waals surface area contributed by atoms with Gasteiger partial charge in [0.15, 0.2) is 0 Å². The molecule has 2 aromatic carbocycles. The van der Waals surface area contributed by atoms with Gasteiger partial charge in [-0.15, -0.1) is 0 Å². The van der Waals surface area contributed by atoms with Gasteiger partial charge in [0.2, 0.25) is 0 Å². The van der Waals surface area contributed by atoms with Crippen molar-refractivity contribution in [1.29, 1.82) is 0 Å². The van der Waals surface area contributed by atoms with Gasteiger partial charge in [0.25, 0.3) is 5.69 Å². The highest BCUT2D eigenvalue weighted by Gasteiger charge is 2.02. The maximum Gasteiger partial charge on any atom is 0.269 e. The number of allylic oxidation sites excluding steroid dienone is 2. The van der Waals surface area contributed by atoms with Gasteiger partial charge >= 0.3 is 0 Å². The molecule has 0 saturated heterocycles. The minimum absolute atomic E-state index is 0.0341. The zero-order chi connectivity index (χ0) is 16.5. The summed E-state index contributed by atoms with van der Waals surface area (Å²) < 4.78 is 0. The molecule has 0 spiro atoms. The largest absolute Gasteiger partial charge is 0.376 e. The second-order valence-electron chi connectivity index (χ2n) is 4.51. The molecule has 112 valence electrons. The molecular formula is C19H13NO3. The van der Waals surface area contributed by atoms with Gasteiger partial charge in [-0.3, -0.25) is 10.1 Å². The summed E-state index contributed by atoms with van der Waals surface area (Å²) in [5, 5.41) is 20.4. The van der Waals surface area contributed by atoms with Crippen molar-refractivity contribution in [1.82, 2.24) is 0 Å². The first-order valence-corrected chi connectivity index (χ1v) is 6.82. The van der Waals surface area contributed by atoms with E-state index in [1.807, 2.05) is 18.2 Å². The van der Waals surface area contributed by atoms with Crippen LogP contribution in [0.2, 0.25) is 0 Å². The van der Waals surface area contributed by atoms with Crippen molar-refractivity contribution >= 4 is 5.69 Å². The monoisotopic (exact) mass is 303 g/mol. The normalized spacial score (nSPS) is 11.0. The van der Waals surface area contributed by atoms with Gasteiger partial charge < -0.3 is 5.11 Å². The quantitative estimate of drug-likeness (QED) is 0.526. The lowest BCUT2D eigenvalue weighted by Crippen LogP contribution is -1.91. The van der Waals surface area contributed by atoms with E-state index in [0.717, 1.165) is 5.56 Å². The molecule has 0 aromatic heterocycles. The SMILES string of the molecule is O=[N+]([O-])c1ccc(C#C/C=C\C#CC(O)c2ccccc2)cc1. The Labute approximate surface area is 134 Å². The smallest absolute Gasteiger partial charge is 0.269 e. The number of aliphatic hydroxyl groups is 1. The molecule has 4 heteroatoms. The fourth-order valence-electron chi connectivity index (χ4n) is 1.72. The van der Waals surface area contributed by atoms with E-state index >= 15 is 0 Å². The summed E-state index contributed by atoms with van der Waals surface area (Å²) in [6, 6.07) is 15.1. The number of nitrogens with zero attached hydrogens (tertiary/aromatic N) is 1. The van der Waals surface area contributed by atoms with Crippen molar-refractivity contribution in [2.75, 3.05) is 0 Å². The van der Waals surface area contributed by atoms with Crippen molar-refractivity contribution in [2.45, 2.75) is 6.10 Å². The molecule has 4 nitrogen and oxygen atoms in total. The number of rotatable bonds is 2. The van der Waals surface area contributed by atoms with Gasteiger partial charge in [0, 0.05) is 17.7 Å². The molecule has 0 amide bonds. The lowest BCUT2D eigenvalue weighted by atomic mass is 10.1. The number of hydrogen-bond acceptors (Lipinski definition) is 3. The maximum atomic E-state index is 10.5. The third-order valence-electron chi connectivity index (χ3n) is 2.88. The summed E-state index contributed by atoms with van der Waals surface area (Å²) in [6.07, 6.45) is 2.28. The molecule has 1 atom stereocenters. The molecule has 0 radical (unpaired) electrons. The van der Waals surface area contributed by atoms with Crippen LogP contribution in [-0.2, 0) is 0 Å². The van der Waals surface area contributed by atoms with E-state index in [0.29, 0.717) is 5.56 Å². The minimum atomic E-state index is -0.830. The molecular weight excluding hydrogens is 290 g/mol. The van der Waals surface area contributed by atoms with Crippen LogP contribution in [0.25, 0.3) is 0 Å². The van der Waals surface area contributed by atoms with Crippen molar-refractivity contribution < 1.29 is 10.0 Å². The van der Waals surface area contributed by atoms with Crippen LogP contribution in [0.15, 0.2) is 66.7 Å². The van der Waals surface area contributed by atoms with Gasteiger partial charge in [-0.25, -0.2) is 0 Å². The molecule has 2 rings (SSSR count). The number of non-ortho nitro benzene ring substituents is 1. The van der Waals surface area contributed by atoms with E-state index < -0.39 is 11.0 Å². The van der Waals surface area contributed by atoms with Crippen LogP contribution >= 0.6 is 0 Å². The van der Waals surface area contributed by atoms with Gasteiger partial charge in [-0.05, 0) is 29.8 Å². The molecule has 23 heavy (non-hydrogen) atoms. The molecule has 0 heterocycles. The molecule has 0 fully saturated rings. The number of nitro benzene ring substituents is 1. The number of benzene rings is 2. The van der Waals surface area contributed by atoms with Crippen LogP contribution in [0.5, 0.6) is 0 Å². The highest BCUT2D eigenvalue weighted by molar-refractivity contribution is 5.43. The zero-order valence-corrected chi connectivity index (χ0v) is 12.1. The molecule has 1 N–H and O–H groups in total. The van der Waals surface area contributed by atoms with E-state index in [9.17, 15) is 15.2 Å². The van der Waals surface area contributed by atoms with Crippen LogP contribution in [0.1, 0.15) is 17.2 Å². The summed E-state index contributed by atoms with van der Waals surface area (Å²) in [7, 11) is 0. The Hall–Kier alpha value is -3.34. The highest BCUT2D eigenvalue weighted by atomic mass is 16.6. The molecule has 0 aliphatic rings. The van der Waals surface area contributed by atoms with Crippen LogP contribution in [0, 0.1) is 33.8 Å². The lowest BCUT2D eigenvalue weighted by molar-refractivity contribution is -0.384. The number of nitro groups is 1. The van der Waals surface area contributed by atoms with Gasteiger partial charge in [-0.1, -0.05) is 54.0 Å². The Morgan fingerprint density at radius 2 is 1.65 bits per heavy atom. The second kappa shape index (κ2) is 8.19. The van der Waals surface area contributed by atoms with E-state index in [4.69, 9.17) is 0 Å². The standard InChI is InChI=1S/C19H13NO3/c21-19(17-9-5-3-6-10-17)11-7-2-1-4-8-16-12-14-18(15-13-16)20(22)23/h1-3,5-6,9-10,12-15,19,21H/b2-1-. The fraction of sp³-hybridized carbons (Fsp3) is 0.0526. The first kappa shape index (κ1) is 16.0. The van der Waals surface area contributed by atoms with E-state index in [-0.39, 0.29) is 5.69 Å². The van der Waals surface area contributed by atoms with Gasteiger partial charge in [0.05, 0.1) is 4.92 Å². The zero-order valence-electron chi connectivity index (χ0n) is 12.1. The second-order valence-corrected chi connectivity index (χ2v) is 4.51. The first-order chi connectivity index (χ1) is 11.2. The number of hydrogen-bond donors (Lipinski definition) is 1. The Morgan fingerprint density at radius 3 is 2.30 bits per heavy atom. The summed E-state index contributed by atoms with van der Waals surface area (Å²) in [5.74, 6) is 11.0. The average Bonchev–Trinajstić information content (AvgIpc) is 2.59. The van der Waals surface area contributed by atoms with Gasteiger partial charge in [-0.2, -0.15) is 0 Å². The summed E-state index contributed by atoms with van der Waals surface area (Å²) in [6.45, 7) is 0. The molecule has 2 aromatic rings. The molecule has 0 aliphatic heterocycles. The van der Waals surface area contributed by atoms with E-state index in [1.54, 1.807) is 36.4 Å². The van der Waals surface area contributed by atoms with Crippen molar-refractivity contribution in [2.24, 2.45) is 0 Å². The Morgan fingerprint density at radius 1 is 1.00 bits per heavy atom. The Kier molecular flexibility index (Phi) is 5.71. The van der Waals surface area contributed by atoms with E-state index in [1.165, 1.54) is 12.1 Å². The average molecular weight is 303 g/mol. The third-order valence-corrected chi connectivity index (χ3v) is 2.88. The number of aliphatic hydroxyl groups excluding tert-OH is 1. The summed E-state index contributed by atoms with van der Waals surface area (Å²) in [5.41, 5.74) is 1.45. The van der Waals surface area contributed by atoms with Crippen molar-refractivity contribution in [3.8, 4) is 23.7 Å². The first-order valence-electron chi connectivity index (χ1n) is 6.82. The maximum absolute atomic E-state index is 10.5. The fourth-order valence-corrected chi connectivity index (χ4v) is 1.72. The van der Waals surface area contributed by atoms with Gasteiger partial charge in [0.1, 0.15) is 6.10 Å². The van der Waals surface area contributed by atoms with Crippen LogP contribution in [-0.4, -0.2) is 10.0 Å². The lowest BCUT2D eigenvalue weighted by Gasteiger charge is -2.01. The Bertz CT molecular complexity index is 816. The van der Waals surface area contributed by atoms with Crippen LogP contribution < -0.4 is 0 Å². The predicted molar refractivity (Wildman–Crippen MR) is 88.3 cm³/mol. The molecule has 0 bridgehead atoms. The topological polar surface area (TPSA) is 63.4 Å². The Balaban J connectivity index is 1.93. The molecule has 0 aliphatic carbocycles. The molecule has 0 saturated carbocycles. The van der Waals surface area contributed by atoms with Crippen molar-refractivity contribution in [3.05, 3.63) is 88.0 Å². The van der Waals surface area contributed by atoms with Crippen LogP contribution in [0.4, 0.5) is 5.69 Å². The van der Waals surface area contributed by atoms with Crippen LogP contribution in [0.3, 0.4) is 0 Å². The predicted octanol–water partition coefficient (Wildman–Crippen LogP) is 3.24.